The second-order valence-electron chi connectivity index (χ2n) is 7.21. The third-order valence-electron chi connectivity index (χ3n) is 4.95. The molecule has 0 spiro atoms. The molecule has 0 aliphatic carbocycles. The third kappa shape index (κ3) is 4.73. The number of halogens is 7. The Bertz CT molecular complexity index is 1230. The van der Waals surface area contributed by atoms with Crippen LogP contribution in [0.5, 0.6) is 0 Å². The van der Waals surface area contributed by atoms with Crippen molar-refractivity contribution in [1.82, 2.24) is 0 Å². The lowest BCUT2D eigenvalue weighted by molar-refractivity contribution is -0.376. The molecule has 0 saturated carbocycles. The molecule has 3 rings (SSSR count). The van der Waals surface area contributed by atoms with Crippen LogP contribution >= 0.6 is 0 Å². The maximum atomic E-state index is 13.8. The molecule has 0 aliphatic heterocycles. The van der Waals surface area contributed by atoms with Crippen molar-refractivity contribution in [1.29, 1.82) is 0 Å². The highest BCUT2D eigenvalue weighted by Gasteiger charge is 2.71. The lowest BCUT2D eigenvalue weighted by Gasteiger charge is -2.32. The molecule has 0 heterocycles. The Hall–Kier alpha value is -3.12. The molecule has 182 valence electrons. The van der Waals surface area contributed by atoms with E-state index in [1.54, 1.807) is 30.3 Å². The van der Waals surface area contributed by atoms with Crippen LogP contribution in [0, 0.1) is 5.82 Å². The number of alkyl halides is 6. The second kappa shape index (κ2) is 8.91. The lowest BCUT2D eigenvalue weighted by Crippen LogP contribution is -2.53. The van der Waals surface area contributed by atoms with Gasteiger partial charge in [0.2, 0.25) is 0 Å². The first-order valence-corrected chi connectivity index (χ1v) is 10.9. The van der Waals surface area contributed by atoms with Crippen molar-refractivity contribution in [2.24, 2.45) is 0 Å². The smallest absolute Gasteiger partial charge is 0.369 e. The van der Waals surface area contributed by atoms with Crippen LogP contribution in [0.3, 0.4) is 0 Å². The molecular weight excluding hydrogens is 491 g/mol. The van der Waals surface area contributed by atoms with Crippen LogP contribution in [0.15, 0.2) is 83.8 Å². The summed E-state index contributed by atoms with van der Waals surface area (Å²) in [5, 5.41) is 9.51. The molecule has 1 N–H and O–H groups in total. The maximum Gasteiger partial charge on any atom is 0.430 e. The number of anilines is 1. The Morgan fingerprint density at radius 1 is 0.765 bits per heavy atom. The highest BCUT2D eigenvalue weighted by Crippen LogP contribution is 2.50. The van der Waals surface area contributed by atoms with Gasteiger partial charge in [0, 0.05) is 5.56 Å². The van der Waals surface area contributed by atoms with Crippen LogP contribution in [-0.4, -0.2) is 25.9 Å². The first-order chi connectivity index (χ1) is 15.7. The van der Waals surface area contributed by atoms with Crippen LogP contribution in [0.1, 0.15) is 11.1 Å². The highest BCUT2D eigenvalue weighted by molar-refractivity contribution is 7.92. The average molecular weight is 507 g/mol. The van der Waals surface area contributed by atoms with Crippen molar-refractivity contribution in [2.75, 3.05) is 4.31 Å². The minimum atomic E-state index is -6.12. The SMILES string of the molecule is O=S(=O)(c1ccc(C(O)(C(F)(F)F)C(F)(F)F)cc1)N(Cc1ccccc1)c1cccc(F)c1. The number of nitrogens with zero attached hydrogens (tertiary/aromatic N) is 1. The third-order valence-corrected chi connectivity index (χ3v) is 6.73. The first kappa shape index (κ1) is 25.5. The Morgan fingerprint density at radius 2 is 1.32 bits per heavy atom. The summed E-state index contributed by atoms with van der Waals surface area (Å²) in [4.78, 5) is -0.664. The summed E-state index contributed by atoms with van der Waals surface area (Å²) < 4.78 is 120. The molecular formula is C22H16F7NO3S. The molecule has 12 heteroatoms. The molecule has 0 atom stereocenters. The molecule has 0 aliphatic rings. The van der Waals surface area contributed by atoms with E-state index in [1.807, 2.05) is 0 Å². The highest BCUT2D eigenvalue weighted by atomic mass is 32.2. The number of rotatable bonds is 6. The van der Waals surface area contributed by atoms with E-state index in [0.29, 0.717) is 17.7 Å². The van der Waals surface area contributed by atoms with E-state index in [4.69, 9.17) is 0 Å². The van der Waals surface area contributed by atoms with Crippen molar-refractivity contribution in [3.8, 4) is 0 Å². The van der Waals surface area contributed by atoms with Crippen LogP contribution in [0.2, 0.25) is 0 Å². The van der Waals surface area contributed by atoms with Crippen LogP contribution in [-0.2, 0) is 22.2 Å². The van der Waals surface area contributed by atoms with Crippen LogP contribution < -0.4 is 4.31 Å². The van der Waals surface area contributed by atoms with Gasteiger partial charge in [0.25, 0.3) is 15.6 Å². The normalized spacial score (nSPS) is 13.1. The van der Waals surface area contributed by atoms with E-state index in [1.165, 1.54) is 12.1 Å². The summed E-state index contributed by atoms with van der Waals surface area (Å²) in [6.07, 6.45) is -12.2. The molecule has 0 unspecified atom stereocenters. The maximum absolute atomic E-state index is 13.8. The van der Waals surface area contributed by atoms with Gasteiger partial charge in [-0.2, -0.15) is 26.3 Å². The topological polar surface area (TPSA) is 57.6 Å². The number of hydrogen-bond donors (Lipinski definition) is 1. The van der Waals surface area contributed by atoms with Crippen molar-refractivity contribution >= 4 is 15.7 Å². The van der Waals surface area contributed by atoms with E-state index >= 15 is 0 Å². The van der Waals surface area contributed by atoms with E-state index < -0.39 is 44.3 Å². The monoisotopic (exact) mass is 507 g/mol. The van der Waals surface area contributed by atoms with Gasteiger partial charge in [0.15, 0.2) is 0 Å². The van der Waals surface area contributed by atoms with E-state index in [0.717, 1.165) is 16.4 Å². The molecule has 3 aromatic carbocycles. The Kier molecular flexibility index (Phi) is 6.68. The van der Waals surface area contributed by atoms with Gasteiger partial charge in [0.05, 0.1) is 17.1 Å². The molecule has 4 nitrogen and oxygen atoms in total. The average Bonchev–Trinajstić information content (AvgIpc) is 2.76. The predicted octanol–water partition coefficient (Wildman–Crippen LogP) is 5.53. The van der Waals surface area contributed by atoms with Gasteiger partial charge < -0.3 is 5.11 Å². The zero-order valence-corrected chi connectivity index (χ0v) is 17.8. The zero-order valence-electron chi connectivity index (χ0n) is 17.0. The predicted molar refractivity (Wildman–Crippen MR) is 109 cm³/mol. The first-order valence-electron chi connectivity index (χ1n) is 9.46. The van der Waals surface area contributed by atoms with Gasteiger partial charge in [0.1, 0.15) is 5.82 Å². The van der Waals surface area contributed by atoms with Gasteiger partial charge in [-0.15, -0.1) is 0 Å². The minimum absolute atomic E-state index is 0.116. The van der Waals surface area contributed by atoms with E-state index in [2.05, 4.69) is 0 Å². The fraction of sp³-hybridized carbons (Fsp3) is 0.182. The van der Waals surface area contributed by atoms with E-state index in [-0.39, 0.29) is 24.4 Å². The molecule has 0 saturated heterocycles. The van der Waals surface area contributed by atoms with Gasteiger partial charge in [-0.25, -0.2) is 12.8 Å². The summed E-state index contributed by atoms with van der Waals surface area (Å²) in [5.41, 5.74) is -6.44. The van der Waals surface area contributed by atoms with E-state index in [9.17, 15) is 44.3 Å². The number of hydrogen-bond acceptors (Lipinski definition) is 3. The second-order valence-corrected chi connectivity index (χ2v) is 9.07. The summed E-state index contributed by atoms with van der Waals surface area (Å²) in [7, 11) is -4.58. The van der Waals surface area contributed by atoms with Gasteiger partial charge in [-0.1, -0.05) is 48.5 Å². The fourth-order valence-electron chi connectivity index (χ4n) is 3.18. The lowest BCUT2D eigenvalue weighted by atomic mass is 9.92. The fourth-order valence-corrected chi connectivity index (χ4v) is 4.62. The minimum Gasteiger partial charge on any atom is -0.369 e. The number of benzene rings is 3. The summed E-state index contributed by atoms with van der Waals surface area (Å²) in [6.45, 7) is -0.302. The summed E-state index contributed by atoms with van der Waals surface area (Å²) in [6, 6.07) is 14.1. The van der Waals surface area contributed by atoms with Crippen LogP contribution in [0.4, 0.5) is 36.4 Å². The molecule has 34 heavy (non-hydrogen) atoms. The summed E-state index contributed by atoms with van der Waals surface area (Å²) in [5.74, 6) is -0.762. The van der Waals surface area contributed by atoms with Crippen molar-refractivity contribution < 1.29 is 44.3 Å². The Balaban J connectivity index is 2.08. The van der Waals surface area contributed by atoms with Gasteiger partial charge >= 0.3 is 12.4 Å². The van der Waals surface area contributed by atoms with Crippen molar-refractivity contribution in [3.63, 3.8) is 0 Å². The van der Waals surface area contributed by atoms with Gasteiger partial charge in [-0.05, 0) is 35.9 Å². The number of aliphatic hydroxyl groups is 1. The molecule has 0 amide bonds. The molecule has 0 bridgehead atoms. The van der Waals surface area contributed by atoms with Crippen molar-refractivity contribution in [3.05, 3.63) is 95.8 Å². The molecule has 3 aromatic rings. The van der Waals surface area contributed by atoms with Gasteiger partial charge in [-0.3, -0.25) is 4.31 Å². The largest absolute Gasteiger partial charge is 0.430 e. The number of sulfonamides is 1. The molecule has 0 radical (unpaired) electrons. The quantitative estimate of drug-likeness (QED) is 0.447. The molecule has 0 aromatic heterocycles. The Labute approximate surface area is 189 Å². The standard InChI is InChI=1S/C22H16F7NO3S/c23-17-7-4-8-18(13-17)30(14-15-5-2-1-3-6-15)34(32,33)19-11-9-16(10-12-19)20(31,21(24,25)26)22(27,28)29/h1-13,31H,14H2. The Morgan fingerprint density at radius 3 is 1.82 bits per heavy atom. The van der Waals surface area contributed by atoms with Crippen LogP contribution in [0.25, 0.3) is 0 Å². The van der Waals surface area contributed by atoms with Crippen molar-refractivity contribution in [2.45, 2.75) is 29.4 Å². The zero-order chi connectivity index (χ0) is 25.4. The summed E-state index contributed by atoms with van der Waals surface area (Å²) >= 11 is 0. The molecule has 0 fully saturated rings.